The second-order valence-electron chi connectivity index (χ2n) is 3.93. The summed E-state index contributed by atoms with van der Waals surface area (Å²) >= 11 is 3.25. The largest absolute Gasteiger partial charge is 0.289 e. The standard InChI is InChI=1S/C10H11BrN2O4S/c11-6-5-8-7-12(8)18(16,17)10-4-2-1-3-9(10)13(14)15/h1-4,8H,5-7H2. The van der Waals surface area contributed by atoms with Crippen LogP contribution in [0.1, 0.15) is 6.42 Å². The number of nitrogens with zero attached hydrogens (tertiary/aromatic N) is 2. The first-order valence-corrected chi connectivity index (χ1v) is 7.86. The van der Waals surface area contributed by atoms with Crippen LogP contribution in [-0.2, 0) is 10.0 Å². The van der Waals surface area contributed by atoms with Gasteiger partial charge in [-0.2, -0.15) is 4.31 Å². The van der Waals surface area contributed by atoms with E-state index in [-0.39, 0.29) is 16.6 Å². The fraction of sp³-hybridized carbons (Fsp3) is 0.400. The summed E-state index contributed by atoms with van der Waals surface area (Å²) in [6.45, 7) is 0.431. The SMILES string of the molecule is O=[N+]([O-])c1ccccc1S(=O)(=O)N1CC1CCBr. The molecule has 1 fully saturated rings. The van der Waals surface area contributed by atoms with Crippen LogP contribution in [0, 0.1) is 10.1 Å². The highest BCUT2D eigenvalue weighted by Crippen LogP contribution is 2.34. The number of nitro benzene ring substituents is 1. The third-order valence-corrected chi connectivity index (χ3v) is 5.18. The Bertz CT molecular complexity index is 575. The van der Waals surface area contributed by atoms with E-state index in [1.165, 1.54) is 28.6 Å². The fourth-order valence-corrected chi connectivity index (χ4v) is 4.07. The molecule has 8 heteroatoms. The van der Waals surface area contributed by atoms with Gasteiger partial charge in [-0.3, -0.25) is 10.1 Å². The molecule has 6 nitrogen and oxygen atoms in total. The van der Waals surface area contributed by atoms with E-state index in [9.17, 15) is 18.5 Å². The molecule has 1 aromatic carbocycles. The third kappa shape index (κ3) is 2.40. The molecule has 0 radical (unpaired) electrons. The van der Waals surface area contributed by atoms with Crippen LogP contribution >= 0.6 is 15.9 Å². The minimum atomic E-state index is -3.74. The molecule has 1 heterocycles. The van der Waals surface area contributed by atoms with E-state index in [1.807, 2.05) is 0 Å². The van der Waals surface area contributed by atoms with Crippen LogP contribution < -0.4 is 0 Å². The van der Waals surface area contributed by atoms with Gasteiger partial charge in [0.05, 0.1) is 4.92 Å². The Hall–Kier alpha value is -0.990. The van der Waals surface area contributed by atoms with Crippen molar-refractivity contribution in [2.75, 3.05) is 11.9 Å². The first-order valence-electron chi connectivity index (χ1n) is 5.29. The van der Waals surface area contributed by atoms with Crippen LogP contribution in [0.4, 0.5) is 5.69 Å². The molecule has 1 aliphatic heterocycles. The summed E-state index contributed by atoms with van der Waals surface area (Å²) in [5.41, 5.74) is -0.373. The Balaban J connectivity index is 2.35. The summed E-state index contributed by atoms with van der Waals surface area (Å²) in [5.74, 6) is 0. The molecule has 0 amide bonds. The maximum Gasteiger partial charge on any atom is 0.289 e. The summed E-state index contributed by atoms with van der Waals surface area (Å²) < 4.78 is 25.7. The third-order valence-electron chi connectivity index (χ3n) is 2.76. The van der Waals surface area contributed by atoms with Gasteiger partial charge in [-0.15, -0.1) is 0 Å². The summed E-state index contributed by atoms with van der Waals surface area (Å²) in [6.07, 6.45) is 0.708. The van der Waals surface area contributed by atoms with Crippen molar-refractivity contribution in [2.24, 2.45) is 0 Å². The highest BCUT2D eigenvalue weighted by atomic mass is 79.9. The van der Waals surface area contributed by atoms with Gasteiger partial charge in [-0.25, -0.2) is 8.42 Å². The lowest BCUT2D eigenvalue weighted by Gasteiger charge is -2.06. The first-order chi connectivity index (χ1) is 8.48. The Morgan fingerprint density at radius 1 is 1.44 bits per heavy atom. The Morgan fingerprint density at radius 2 is 2.11 bits per heavy atom. The average molecular weight is 335 g/mol. The Labute approximate surface area is 113 Å². The topological polar surface area (TPSA) is 80.3 Å². The minimum absolute atomic E-state index is 0.0471. The molecule has 2 atom stereocenters. The van der Waals surface area contributed by atoms with Crippen molar-refractivity contribution in [3.63, 3.8) is 0 Å². The van der Waals surface area contributed by atoms with Gasteiger partial charge >= 0.3 is 0 Å². The lowest BCUT2D eigenvalue weighted by atomic mass is 10.3. The summed E-state index contributed by atoms with van der Waals surface area (Å²) in [7, 11) is -3.74. The van der Waals surface area contributed by atoms with Crippen LogP contribution in [-0.4, -0.2) is 35.6 Å². The molecule has 0 bridgehead atoms. The summed E-state index contributed by atoms with van der Waals surface area (Å²) in [6, 6.07) is 5.37. The number of sulfonamides is 1. The molecule has 98 valence electrons. The van der Waals surface area contributed by atoms with Crippen molar-refractivity contribution in [1.29, 1.82) is 0 Å². The van der Waals surface area contributed by atoms with Crippen LogP contribution in [0.5, 0.6) is 0 Å². The number of para-hydroxylation sites is 1. The highest BCUT2D eigenvalue weighted by molar-refractivity contribution is 9.09. The lowest BCUT2D eigenvalue weighted by Crippen LogP contribution is -2.16. The molecule has 0 saturated carbocycles. The number of hydrogen-bond acceptors (Lipinski definition) is 4. The number of rotatable bonds is 5. The van der Waals surface area contributed by atoms with Gasteiger partial charge in [0, 0.05) is 24.0 Å². The van der Waals surface area contributed by atoms with Crippen molar-refractivity contribution in [1.82, 2.24) is 4.31 Å². The predicted molar refractivity (Wildman–Crippen MR) is 69.2 cm³/mol. The molecule has 18 heavy (non-hydrogen) atoms. The molecule has 1 aliphatic rings. The van der Waals surface area contributed by atoms with Gasteiger partial charge in [0.25, 0.3) is 5.69 Å². The molecule has 0 aromatic heterocycles. The predicted octanol–water partition coefficient (Wildman–Crippen LogP) is 1.75. The smallest absolute Gasteiger partial charge is 0.258 e. The molecule has 1 aromatic rings. The van der Waals surface area contributed by atoms with Gasteiger partial charge in [0.15, 0.2) is 4.90 Å². The number of nitro groups is 1. The van der Waals surface area contributed by atoms with Gasteiger partial charge < -0.3 is 0 Å². The Kier molecular flexibility index (Phi) is 3.69. The van der Waals surface area contributed by atoms with E-state index in [4.69, 9.17) is 0 Å². The molecule has 0 spiro atoms. The van der Waals surface area contributed by atoms with E-state index >= 15 is 0 Å². The Morgan fingerprint density at radius 3 is 2.72 bits per heavy atom. The molecular formula is C10H11BrN2O4S. The van der Waals surface area contributed by atoms with Crippen molar-refractivity contribution >= 4 is 31.6 Å². The van der Waals surface area contributed by atoms with Crippen LogP contribution in [0.25, 0.3) is 0 Å². The van der Waals surface area contributed by atoms with E-state index < -0.39 is 14.9 Å². The molecule has 1 saturated heterocycles. The first kappa shape index (κ1) is 13.4. The summed E-state index contributed by atoms with van der Waals surface area (Å²) in [5, 5.41) is 11.5. The summed E-state index contributed by atoms with van der Waals surface area (Å²) in [4.78, 5) is 9.93. The van der Waals surface area contributed by atoms with Crippen molar-refractivity contribution < 1.29 is 13.3 Å². The zero-order valence-corrected chi connectivity index (χ0v) is 11.7. The number of hydrogen-bond donors (Lipinski definition) is 0. The average Bonchev–Trinajstić information content (AvgIpc) is 3.09. The number of halogens is 1. The minimum Gasteiger partial charge on any atom is -0.258 e. The van der Waals surface area contributed by atoms with Crippen LogP contribution in [0.3, 0.4) is 0 Å². The number of benzene rings is 1. The van der Waals surface area contributed by atoms with Gasteiger partial charge in [0.2, 0.25) is 10.0 Å². The van der Waals surface area contributed by atoms with Crippen LogP contribution in [0.15, 0.2) is 29.2 Å². The highest BCUT2D eigenvalue weighted by Gasteiger charge is 2.45. The second kappa shape index (κ2) is 4.94. The van der Waals surface area contributed by atoms with Gasteiger partial charge in [-0.1, -0.05) is 28.1 Å². The van der Waals surface area contributed by atoms with Crippen molar-refractivity contribution in [2.45, 2.75) is 17.4 Å². The molecule has 0 aliphatic carbocycles. The molecular weight excluding hydrogens is 324 g/mol. The van der Waals surface area contributed by atoms with Crippen LogP contribution in [0.2, 0.25) is 0 Å². The quantitative estimate of drug-likeness (QED) is 0.355. The maximum atomic E-state index is 12.2. The van der Waals surface area contributed by atoms with E-state index in [1.54, 1.807) is 0 Å². The normalized spacial score (nSPS) is 22.7. The second-order valence-corrected chi connectivity index (χ2v) is 6.58. The van der Waals surface area contributed by atoms with E-state index in [0.717, 1.165) is 0 Å². The monoisotopic (exact) mass is 334 g/mol. The molecule has 0 N–H and O–H groups in total. The molecule has 2 unspecified atom stereocenters. The van der Waals surface area contributed by atoms with Gasteiger partial charge in [0.1, 0.15) is 0 Å². The van der Waals surface area contributed by atoms with Gasteiger partial charge in [-0.05, 0) is 12.5 Å². The fourth-order valence-electron chi connectivity index (χ4n) is 1.77. The van der Waals surface area contributed by atoms with E-state index in [2.05, 4.69) is 15.9 Å². The van der Waals surface area contributed by atoms with Crippen molar-refractivity contribution in [3.8, 4) is 0 Å². The molecule has 2 rings (SSSR count). The maximum absolute atomic E-state index is 12.2. The van der Waals surface area contributed by atoms with Crippen molar-refractivity contribution in [3.05, 3.63) is 34.4 Å². The number of alkyl halides is 1. The zero-order chi connectivity index (χ0) is 13.3. The van der Waals surface area contributed by atoms with E-state index in [0.29, 0.717) is 18.3 Å². The lowest BCUT2D eigenvalue weighted by molar-refractivity contribution is -0.387. The zero-order valence-electron chi connectivity index (χ0n) is 9.32.